The highest BCUT2D eigenvalue weighted by Crippen LogP contribution is 2.33. The minimum Gasteiger partial charge on any atom is -0.224 e. The fourth-order valence-corrected chi connectivity index (χ4v) is 5.38. The van der Waals surface area contributed by atoms with Crippen molar-refractivity contribution in [2.75, 3.05) is 5.75 Å². The number of benzene rings is 2. The molecule has 0 amide bonds. The lowest BCUT2D eigenvalue weighted by Gasteiger charge is -2.10. The van der Waals surface area contributed by atoms with Gasteiger partial charge in [-0.3, -0.25) is 0 Å². The van der Waals surface area contributed by atoms with Crippen LogP contribution in [0.3, 0.4) is 0 Å². The first kappa shape index (κ1) is 15.9. The van der Waals surface area contributed by atoms with E-state index in [4.69, 9.17) is 0 Å². The van der Waals surface area contributed by atoms with Crippen LogP contribution in [0.15, 0.2) is 64.9 Å². The normalized spacial score (nSPS) is 19.7. The highest BCUT2D eigenvalue weighted by Gasteiger charge is 2.35. The third-order valence-electron chi connectivity index (χ3n) is 3.56. The zero-order valence-corrected chi connectivity index (χ0v) is 13.7. The first-order valence-corrected chi connectivity index (χ1v) is 10.1. The molecule has 0 radical (unpaired) electrons. The SMILES string of the molecule is O=S(=O)(/C=C\c1ccccc1)N[C@H]1CS(=O)(=O)c2ccccc21. The summed E-state index contributed by atoms with van der Waals surface area (Å²) >= 11 is 0. The zero-order chi connectivity index (χ0) is 16.5. The molecule has 2 aromatic carbocycles. The molecule has 0 bridgehead atoms. The molecule has 0 fully saturated rings. The Bertz CT molecular complexity index is 949. The average molecular weight is 349 g/mol. The van der Waals surface area contributed by atoms with Gasteiger partial charge < -0.3 is 0 Å². The van der Waals surface area contributed by atoms with Crippen molar-refractivity contribution < 1.29 is 16.8 Å². The van der Waals surface area contributed by atoms with Crippen LogP contribution in [0.2, 0.25) is 0 Å². The number of fused-ring (bicyclic) bond motifs is 1. The molecule has 0 unspecified atom stereocenters. The zero-order valence-electron chi connectivity index (χ0n) is 12.1. The topological polar surface area (TPSA) is 80.3 Å². The van der Waals surface area contributed by atoms with Crippen molar-refractivity contribution in [1.29, 1.82) is 0 Å². The molecule has 0 saturated heterocycles. The first-order valence-electron chi connectivity index (χ1n) is 6.94. The number of hydrogen-bond donors (Lipinski definition) is 1. The van der Waals surface area contributed by atoms with Crippen LogP contribution in [0.5, 0.6) is 0 Å². The maximum absolute atomic E-state index is 12.2. The van der Waals surface area contributed by atoms with E-state index in [1.54, 1.807) is 42.5 Å². The lowest BCUT2D eigenvalue weighted by molar-refractivity contribution is 0.574. The Labute approximate surface area is 135 Å². The Balaban J connectivity index is 1.84. The van der Waals surface area contributed by atoms with E-state index in [0.717, 1.165) is 11.0 Å². The number of rotatable bonds is 4. The van der Waals surface area contributed by atoms with Crippen LogP contribution >= 0.6 is 0 Å². The van der Waals surface area contributed by atoms with Gasteiger partial charge >= 0.3 is 0 Å². The van der Waals surface area contributed by atoms with E-state index in [1.165, 1.54) is 12.1 Å². The van der Waals surface area contributed by atoms with Crippen molar-refractivity contribution in [3.63, 3.8) is 0 Å². The summed E-state index contributed by atoms with van der Waals surface area (Å²) in [4.78, 5) is 0.194. The molecule has 0 aromatic heterocycles. The maximum Gasteiger partial charge on any atom is 0.234 e. The molecular formula is C16H15NO4S2. The second-order valence-corrected chi connectivity index (χ2v) is 8.85. The summed E-state index contributed by atoms with van der Waals surface area (Å²) in [6.45, 7) is 0. The predicted molar refractivity (Wildman–Crippen MR) is 88.8 cm³/mol. The number of sulfonamides is 1. The quantitative estimate of drug-likeness (QED) is 0.917. The van der Waals surface area contributed by atoms with Gasteiger partial charge in [-0.05, 0) is 23.3 Å². The van der Waals surface area contributed by atoms with Crippen molar-refractivity contribution in [1.82, 2.24) is 4.72 Å². The van der Waals surface area contributed by atoms with E-state index in [2.05, 4.69) is 4.72 Å². The van der Waals surface area contributed by atoms with Gasteiger partial charge in [0.1, 0.15) is 0 Å². The van der Waals surface area contributed by atoms with E-state index in [9.17, 15) is 16.8 Å². The van der Waals surface area contributed by atoms with Crippen LogP contribution in [0.1, 0.15) is 17.2 Å². The summed E-state index contributed by atoms with van der Waals surface area (Å²) in [5, 5.41) is 1.05. The van der Waals surface area contributed by atoms with Gasteiger partial charge in [-0.2, -0.15) is 0 Å². The van der Waals surface area contributed by atoms with Gasteiger partial charge in [0.15, 0.2) is 9.84 Å². The molecule has 1 N–H and O–H groups in total. The summed E-state index contributed by atoms with van der Waals surface area (Å²) in [7, 11) is -7.20. The summed E-state index contributed by atoms with van der Waals surface area (Å²) in [5.74, 6) is -0.259. The molecule has 7 heteroatoms. The monoisotopic (exact) mass is 349 g/mol. The molecular weight excluding hydrogens is 334 g/mol. The fraction of sp³-hybridized carbons (Fsp3) is 0.125. The van der Waals surface area contributed by atoms with Crippen LogP contribution in [0, 0.1) is 0 Å². The van der Waals surface area contributed by atoms with E-state index >= 15 is 0 Å². The molecule has 1 aliphatic rings. The molecule has 0 aliphatic carbocycles. The summed E-state index contributed by atoms with van der Waals surface area (Å²) < 4.78 is 51.0. The molecule has 1 aliphatic heterocycles. The van der Waals surface area contributed by atoms with Crippen molar-refractivity contribution in [3.8, 4) is 0 Å². The van der Waals surface area contributed by atoms with Gasteiger partial charge in [-0.15, -0.1) is 0 Å². The average Bonchev–Trinajstić information content (AvgIpc) is 2.77. The summed E-state index contributed by atoms with van der Waals surface area (Å²) in [6, 6.07) is 14.7. The van der Waals surface area contributed by atoms with E-state index < -0.39 is 25.9 Å². The van der Waals surface area contributed by atoms with Gasteiger partial charge in [0.05, 0.1) is 16.7 Å². The highest BCUT2D eigenvalue weighted by molar-refractivity contribution is 7.93. The Morgan fingerprint density at radius 2 is 1.65 bits per heavy atom. The van der Waals surface area contributed by atoms with Crippen LogP contribution in [0.4, 0.5) is 0 Å². The molecule has 0 saturated carbocycles. The second-order valence-electron chi connectivity index (χ2n) is 5.25. The van der Waals surface area contributed by atoms with Crippen LogP contribution < -0.4 is 4.72 Å². The highest BCUT2D eigenvalue weighted by atomic mass is 32.2. The van der Waals surface area contributed by atoms with Gasteiger partial charge in [-0.25, -0.2) is 21.6 Å². The van der Waals surface area contributed by atoms with Gasteiger partial charge in [0.25, 0.3) is 0 Å². The predicted octanol–water partition coefficient (Wildman–Crippen LogP) is 2.11. The molecule has 2 aromatic rings. The number of sulfone groups is 1. The van der Waals surface area contributed by atoms with Crippen molar-refractivity contribution >= 4 is 25.9 Å². The van der Waals surface area contributed by atoms with Crippen LogP contribution in [-0.2, 0) is 19.9 Å². The number of nitrogens with one attached hydrogen (secondary N) is 1. The Morgan fingerprint density at radius 3 is 2.39 bits per heavy atom. The van der Waals surface area contributed by atoms with E-state index in [0.29, 0.717) is 5.56 Å². The maximum atomic E-state index is 12.2. The van der Waals surface area contributed by atoms with E-state index in [-0.39, 0.29) is 10.6 Å². The lowest BCUT2D eigenvalue weighted by atomic mass is 10.1. The molecule has 0 spiro atoms. The first-order chi connectivity index (χ1) is 10.9. The van der Waals surface area contributed by atoms with E-state index in [1.807, 2.05) is 6.07 Å². The Kier molecular flexibility index (Phi) is 4.09. The van der Waals surface area contributed by atoms with Crippen LogP contribution in [-0.4, -0.2) is 22.6 Å². The standard InChI is InChI=1S/C16H15NO4S2/c18-22(19)12-15(14-8-4-5-9-16(14)22)17-23(20,21)11-10-13-6-2-1-3-7-13/h1-11,15,17H,12H2/b11-10-/t15-/m0/s1. The van der Waals surface area contributed by atoms with Gasteiger partial charge in [0.2, 0.25) is 10.0 Å². The Morgan fingerprint density at radius 1 is 1.00 bits per heavy atom. The largest absolute Gasteiger partial charge is 0.234 e. The van der Waals surface area contributed by atoms with Crippen molar-refractivity contribution in [2.24, 2.45) is 0 Å². The summed E-state index contributed by atoms with van der Waals surface area (Å²) in [6.07, 6.45) is 1.47. The summed E-state index contributed by atoms with van der Waals surface area (Å²) in [5.41, 5.74) is 1.24. The second kappa shape index (κ2) is 5.92. The lowest BCUT2D eigenvalue weighted by Crippen LogP contribution is -2.27. The van der Waals surface area contributed by atoms with Crippen molar-refractivity contribution in [3.05, 3.63) is 71.1 Å². The molecule has 5 nitrogen and oxygen atoms in total. The van der Waals surface area contributed by atoms with Crippen LogP contribution in [0.25, 0.3) is 6.08 Å². The number of hydrogen-bond acceptors (Lipinski definition) is 4. The Hall–Kier alpha value is -1.96. The van der Waals surface area contributed by atoms with Crippen molar-refractivity contribution in [2.45, 2.75) is 10.9 Å². The molecule has 1 atom stereocenters. The molecule has 23 heavy (non-hydrogen) atoms. The minimum atomic E-state index is -3.75. The van der Waals surface area contributed by atoms with Gasteiger partial charge in [0, 0.05) is 5.41 Å². The minimum absolute atomic E-state index is 0.194. The molecule has 3 rings (SSSR count). The third kappa shape index (κ3) is 3.52. The fourth-order valence-electron chi connectivity index (χ4n) is 2.52. The van der Waals surface area contributed by atoms with Gasteiger partial charge in [-0.1, -0.05) is 48.5 Å². The molecule has 1 heterocycles. The third-order valence-corrected chi connectivity index (χ3v) is 6.48. The molecule has 120 valence electrons. The smallest absolute Gasteiger partial charge is 0.224 e.